The summed E-state index contributed by atoms with van der Waals surface area (Å²) in [5.74, 6) is 0. The monoisotopic (exact) mass is 291 g/mol. The van der Waals surface area contributed by atoms with Crippen LogP contribution in [0.5, 0.6) is 0 Å². The molecule has 0 bridgehead atoms. The standard InChI is InChI=1S/C19H21N3/c1-21(2)18-11-5-3-8-15(18)14-16-9-7-13-22(16)19-12-6-4-10-17(19)20/h3-13H,14,20H2,1-2H3. The van der Waals surface area contributed by atoms with Crippen molar-refractivity contribution >= 4 is 11.4 Å². The van der Waals surface area contributed by atoms with E-state index in [1.54, 1.807) is 0 Å². The van der Waals surface area contributed by atoms with Gasteiger partial charge in [0.2, 0.25) is 0 Å². The topological polar surface area (TPSA) is 34.2 Å². The average molecular weight is 291 g/mol. The van der Waals surface area contributed by atoms with Crippen molar-refractivity contribution in [3.63, 3.8) is 0 Å². The van der Waals surface area contributed by atoms with Gasteiger partial charge in [0, 0.05) is 38.1 Å². The fourth-order valence-corrected chi connectivity index (χ4v) is 2.79. The average Bonchev–Trinajstić information content (AvgIpc) is 2.96. The Labute approximate surface area is 131 Å². The van der Waals surface area contributed by atoms with Crippen LogP contribution in [0, 0.1) is 0 Å². The summed E-state index contributed by atoms with van der Waals surface area (Å²) >= 11 is 0. The lowest BCUT2D eigenvalue weighted by Crippen LogP contribution is -2.12. The highest BCUT2D eigenvalue weighted by Crippen LogP contribution is 2.25. The van der Waals surface area contributed by atoms with Crippen molar-refractivity contribution in [3.05, 3.63) is 78.1 Å². The van der Waals surface area contributed by atoms with E-state index in [0.29, 0.717) is 0 Å². The molecular formula is C19H21N3. The Hall–Kier alpha value is -2.68. The van der Waals surface area contributed by atoms with Gasteiger partial charge in [0.25, 0.3) is 0 Å². The zero-order valence-electron chi connectivity index (χ0n) is 13.0. The van der Waals surface area contributed by atoms with Crippen LogP contribution >= 0.6 is 0 Å². The third-order valence-corrected chi connectivity index (χ3v) is 3.87. The number of rotatable bonds is 4. The van der Waals surface area contributed by atoms with Gasteiger partial charge in [-0.15, -0.1) is 0 Å². The molecule has 3 rings (SSSR count). The zero-order valence-corrected chi connectivity index (χ0v) is 13.0. The van der Waals surface area contributed by atoms with Crippen molar-refractivity contribution in [2.45, 2.75) is 6.42 Å². The number of nitrogens with two attached hydrogens (primary N) is 1. The van der Waals surface area contributed by atoms with Crippen molar-refractivity contribution in [2.75, 3.05) is 24.7 Å². The van der Waals surface area contributed by atoms with Crippen LogP contribution in [0.2, 0.25) is 0 Å². The molecule has 1 aromatic heterocycles. The molecule has 3 nitrogen and oxygen atoms in total. The van der Waals surface area contributed by atoms with E-state index in [-0.39, 0.29) is 0 Å². The summed E-state index contributed by atoms with van der Waals surface area (Å²) in [5.41, 5.74) is 11.7. The first-order valence-corrected chi connectivity index (χ1v) is 7.43. The van der Waals surface area contributed by atoms with Crippen LogP contribution in [-0.4, -0.2) is 18.7 Å². The number of hydrogen-bond acceptors (Lipinski definition) is 2. The Bertz CT molecular complexity index is 772. The Balaban J connectivity index is 1.99. The van der Waals surface area contributed by atoms with Crippen LogP contribution in [0.4, 0.5) is 11.4 Å². The molecule has 2 N–H and O–H groups in total. The minimum Gasteiger partial charge on any atom is -0.397 e. The molecule has 0 amide bonds. The molecule has 0 fully saturated rings. The van der Waals surface area contributed by atoms with Crippen molar-refractivity contribution < 1.29 is 0 Å². The summed E-state index contributed by atoms with van der Waals surface area (Å²) in [6.07, 6.45) is 2.94. The van der Waals surface area contributed by atoms with Gasteiger partial charge in [0.05, 0.1) is 11.4 Å². The van der Waals surface area contributed by atoms with Crippen LogP contribution in [0.15, 0.2) is 66.9 Å². The van der Waals surface area contributed by atoms with Crippen LogP contribution in [-0.2, 0) is 6.42 Å². The summed E-state index contributed by atoms with van der Waals surface area (Å²) in [7, 11) is 4.15. The molecule has 3 heteroatoms. The second-order valence-electron chi connectivity index (χ2n) is 5.63. The highest BCUT2D eigenvalue weighted by Gasteiger charge is 2.10. The van der Waals surface area contributed by atoms with Crippen molar-refractivity contribution in [3.8, 4) is 5.69 Å². The van der Waals surface area contributed by atoms with Gasteiger partial charge in [-0.3, -0.25) is 0 Å². The van der Waals surface area contributed by atoms with Gasteiger partial charge in [0.1, 0.15) is 0 Å². The van der Waals surface area contributed by atoms with Crippen LogP contribution < -0.4 is 10.6 Å². The van der Waals surface area contributed by atoms with Gasteiger partial charge < -0.3 is 15.2 Å². The molecule has 0 aliphatic carbocycles. The van der Waals surface area contributed by atoms with Crippen molar-refractivity contribution in [2.24, 2.45) is 0 Å². The van der Waals surface area contributed by atoms with Crippen molar-refractivity contribution in [1.29, 1.82) is 0 Å². The molecule has 0 radical (unpaired) electrons. The Morgan fingerprint density at radius 3 is 2.41 bits per heavy atom. The third kappa shape index (κ3) is 2.70. The summed E-state index contributed by atoms with van der Waals surface area (Å²) in [5, 5.41) is 0. The maximum atomic E-state index is 6.12. The smallest absolute Gasteiger partial charge is 0.0683 e. The largest absolute Gasteiger partial charge is 0.397 e. The first-order chi connectivity index (χ1) is 10.7. The summed E-state index contributed by atoms with van der Waals surface area (Å²) < 4.78 is 2.17. The van der Waals surface area contributed by atoms with E-state index in [0.717, 1.165) is 17.8 Å². The molecule has 0 saturated heterocycles. The summed E-state index contributed by atoms with van der Waals surface area (Å²) in [4.78, 5) is 2.15. The molecular weight excluding hydrogens is 270 g/mol. The molecule has 0 unspecified atom stereocenters. The van der Waals surface area contributed by atoms with Gasteiger partial charge >= 0.3 is 0 Å². The van der Waals surface area contributed by atoms with Crippen molar-refractivity contribution in [1.82, 2.24) is 4.57 Å². The van der Waals surface area contributed by atoms with E-state index in [4.69, 9.17) is 5.73 Å². The second-order valence-corrected chi connectivity index (χ2v) is 5.63. The number of nitrogen functional groups attached to an aromatic ring is 1. The SMILES string of the molecule is CN(C)c1ccccc1Cc1cccn1-c1ccccc1N. The van der Waals surface area contributed by atoms with Crippen LogP contribution in [0.25, 0.3) is 5.69 Å². The van der Waals surface area contributed by atoms with E-state index in [1.165, 1.54) is 16.9 Å². The predicted molar refractivity (Wildman–Crippen MR) is 93.8 cm³/mol. The Kier molecular flexibility index (Phi) is 3.88. The maximum Gasteiger partial charge on any atom is 0.0683 e. The molecule has 0 aliphatic rings. The lowest BCUT2D eigenvalue weighted by molar-refractivity contribution is 0.954. The minimum atomic E-state index is 0.792. The Morgan fingerprint density at radius 1 is 0.909 bits per heavy atom. The lowest BCUT2D eigenvalue weighted by atomic mass is 10.1. The van der Waals surface area contributed by atoms with E-state index >= 15 is 0 Å². The molecule has 22 heavy (non-hydrogen) atoms. The molecule has 2 aromatic carbocycles. The van der Waals surface area contributed by atoms with Gasteiger partial charge in [0.15, 0.2) is 0 Å². The predicted octanol–water partition coefficient (Wildman–Crippen LogP) is 3.72. The zero-order chi connectivity index (χ0) is 15.5. The van der Waals surface area contributed by atoms with Gasteiger partial charge in [-0.1, -0.05) is 30.3 Å². The normalized spacial score (nSPS) is 10.6. The molecule has 1 heterocycles. The van der Waals surface area contributed by atoms with E-state index < -0.39 is 0 Å². The minimum absolute atomic E-state index is 0.792. The first kappa shape index (κ1) is 14.3. The summed E-state index contributed by atoms with van der Waals surface area (Å²) in [6.45, 7) is 0. The number of anilines is 2. The number of hydrogen-bond donors (Lipinski definition) is 1. The quantitative estimate of drug-likeness (QED) is 0.743. The lowest BCUT2D eigenvalue weighted by Gasteiger charge is -2.18. The fourth-order valence-electron chi connectivity index (χ4n) is 2.79. The molecule has 0 atom stereocenters. The number of aromatic nitrogens is 1. The summed E-state index contributed by atoms with van der Waals surface area (Å²) in [6, 6.07) is 20.7. The molecule has 0 aliphatic heterocycles. The van der Waals surface area contributed by atoms with Gasteiger partial charge in [-0.25, -0.2) is 0 Å². The highest BCUT2D eigenvalue weighted by molar-refractivity contribution is 5.59. The van der Waals surface area contributed by atoms with E-state index in [9.17, 15) is 0 Å². The van der Waals surface area contributed by atoms with Crippen LogP contribution in [0.3, 0.4) is 0 Å². The first-order valence-electron chi connectivity index (χ1n) is 7.43. The maximum absolute atomic E-state index is 6.12. The van der Waals surface area contributed by atoms with E-state index in [1.807, 2.05) is 18.2 Å². The van der Waals surface area contributed by atoms with Gasteiger partial charge in [-0.2, -0.15) is 0 Å². The molecule has 0 saturated carbocycles. The molecule has 3 aromatic rings. The number of para-hydroxylation sites is 3. The molecule has 112 valence electrons. The Morgan fingerprint density at radius 2 is 1.64 bits per heavy atom. The molecule has 0 spiro atoms. The third-order valence-electron chi connectivity index (χ3n) is 3.87. The fraction of sp³-hybridized carbons (Fsp3) is 0.158. The van der Waals surface area contributed by atoms with E-state index in [2.05, 4.69) is 72.2 Å². The second kappa shape index (κ2) is 5.98. The van der Waals surface area contributed by atoms with Crippen LogP contribution in [0.1, 0.15) is 11.3 Å². The highest BCUT2D eigenvalue weighted by atomic mass is 15.1. The van der Waals surface area contributed by atoms with Gasteiger partial charge in [-0.05, 0) is 35.9 Å². The number of nitrogens with zero attached hydrogens (tertiary/aromatic N) is 2. The number of benzene rings is 2.